The van der Waals surface area contributed by atoms with Crippen LogP contribution in [0.3, 0.4) is 0 Å². The van der Waals surface area contributed by atoms with E-state index in [2.05, 4.69) is 20.7 Å². The Morgan fingerprint density at radius 3 is 2.37 bits per heavy atom. The zero-order valence-electron chi connectivity index (χ0n) is 9.40. The van der Waals surface area contributed by atoms with Crippen molar-refractivity contribution in [3.63, 3.8) is 0 Å². The Kier molecular flexibility index (Phi) is 4.13. The van der Waals surface area contributed by atoms with Gasteiger partial charge in [0.05, 0.1) is 10.6 Å². The first-order valence-corrected chi connectivity index (χ1v) is 7.77. The van der Waals surface area contributed by atoms with Gasteiger partial charge in [-0.1, -0.05) is 27.5 Å². The van der Waals surface area contributed by atoms with Crippen molar-refractivity contribution in [2.24, 2.45) is 0 Å². The minimum atomic E-state index is -3.84. The third-order valence-corrected chi connectivity index (χ3v) is 4.44. The molecule has 0 atom stereocenters. The highest BCUT2D eigenvalue weighted by atomic mass is 79.9. The van der Waals surface area contributed by atoms with Gasteiger partial charge < -0.3 is 0 Å². The molecule has 0 unspecified atom stereocenters. The van der Waals surface area contributed by atoms with E-state index in [9.17, 15) is 12.8 Å². The van der Waals surface area contributed by atoms with Crippen molar-refractivity contribution in [2.75, 3.05) is 4.72 Å². The maximum atomic E-state index is 13.5. The number of hydrogen-bond acceptors (Lipinski definition) is 2. The monoisotopic (exact) mass is 363 g/mol. The van der Waals surface area contributed by atoms with Crippen molar-refractivity contribution in [3.05, 3.63) is 57.8 Å². The molecule has 3 nitrogen and oxygen atoms in total. The molecule has 0 saturated carbocycles. The normalized spacial score (nSPS) is 11.3. The van der Waals surface area contributed by atoms with Crippen molar-refractivity contribution < 1.29 is 12.8 Å². The van der Waals surface area contributed by atoms with E-state index < -0.39 is 15.8 Å². The van der Waals surface area contributed by atoms with Crippen molar-refractivity contribution in [1.82, 2.24) is 0 Å². The SMILES string of the molecule is O=S(=O)(Nc1cc(Cl)ccc1F)c1ccc(Br)cc1. The molecule has 0 radical (unpaired) electrons. The fourth-order valence-electron chi connectivity index (χ4n) is 1.39. The molecule has 0 fully saturated rings. The van der Waals surface area contributed by atoms with Gasteiger partial charge in [0.1, 0.15) is 5.82 Å². The van der Waals surface area contributed by atoms with Gasteiger partial charge >= 0.3 is 0 Å². The summed E-state index contributed by atoms with van der Waals surface area (Å²) in [6.45, 7) is 0. The average molecular weight is 365 g/mol. The van der Waals surface area contributed by atoms with Gasteiger partial charge in [-0.05, 0) is 42.5 Å². The summed E-state index contributed by atoms with van der Waals surface area (Å²) < 4.78 is 40.5. The molecule has 0 aliphatic rings. The van der Waals surface area contributed by atoms with Gasteiger partial charge in [-0.3, -0.25) is 4.72 Å². The van der Waals surface area contributed by atoms with Crippen molar-refractivity contribution in [3.8, 4) is 0 Å². The fourth-order valence-corrected chi connectivity index (χ4v) is 2.89. The van der Waals surface area contributed by atoms with Crippen LogP contribution < -0.4 is 4.72 Å². The number of hydrogen-bond donors (Lipinski definition) is 1. The van der Waals surface area contributed by atoms with Crippen LogP contribution in [0.5, 0.6) is 0 Å². The van der Waals surface area contributed by atoms with Crippen molar-refractivity contribution >= 4 is 43.2 Å². The van der Waals surface area contributed by atoms with Crippen LogP contribution in [0.1, 0.15) is 0 Å². The highest BCUT2D eigenvalue weighted by Gasteiger charge is 2.16. The number of rotatable bonds is 3. The topological polar surface area (TPSA) is 46.2 Å². The summed E-state index contributed by atoms with van der Waals surface area (Å²) in [6, 6.07) is 9.65. The van der Waals surface area contributed by atoms with Gasteiger partial charge in [-0.15, -0.1) is 0 Å². The lowest BCUT2D eigenvalue weighted by Crippen LogP contribution is -2.13. The first kappa shape index (κ1) is 14.3. The van der Waals surface area contributed by atoms with Gasteiger partial charge in [0.15, 0.2) is 0 Å². The zero-order valence-corrected chi connectivity index (χ0v) is 12.6. The molecule has 2 aromatic carbocycles. The molecule has 100 valence electrons. The molecule has 0 aromatic heterocycles. The molecule has 0 spiro atoms. The molecule has 19 heavy (non-hydrogen) atoms. The van der Waals surface area contributed by atoms with Crippen LogP contribution in [0, 0.1) is 5.82 Å². The number of anilines is 1. The summed E-state index contributed by atoms with van der Waals surface area (Å²) >= 11 is 8.91. The highest BCUT2D eigenvalue weighted by molar-refractivity contribution is 9.10. The quantitative estimate of drug-likeness (QED) is 0.893. The summed E-state index contributed by atoms with van der Waals surface area (Å²) in [5.74, 6) is -0.690. The Morgan fingerprint density at radius 1 is 1.11 bits per heavy atom. The Hall–Kier alpha value is -1.11. The molecule has 2 rings (SSSR count). The highest BCUT2D eigenvalue weighted by Crippen LogP contribution is 2.23. The summed E-state index contributed by atoms with van der Waals surface area (Å²) in [5.41, 5.74) is -0.185. The van der Waals surface area contributed by atoms with E-state index in [1.54, 1.807) is 12.1 Å². The number of benzene rings is 2. The Morgan fingerprint density at radius 2 is 1.74 bits per heavy atom. The first-order chi connectivity index (χ1) is 8.88. The molecule has 2 aromatic rings. The van der Waals surface area contributed by atoms with E-state index in [4.69, 9.17) is 11.6 Å². The van der Waals surface area contributed by atoms with Crippen LogP contribution in [0.2, 0.25) is 5.02 Å². The Labute approximate surface area is 123 Å². The van der Waals surface area contributed by atoms with Crippen LogP contribution >= 0.6 is 27.5 Å². The predicted octanol–water partition coefficient (Wildman–Crippen LogP) is 4.04. The second-order valence-corrected chi connectivity index (χ2v) is 6.72. The maximum absolute atomic E-state index is 13.5. The van der Waals surface area contributed by atoms with E-state index in [0.717, 1.165) is 10.5 Å². The molecule has 0 aliphatic heterocycles. The van der Waals surface area contributed by atoms with Gasteiger partial charge in [0.2, 0.25) is 0 Å². The molecule has 0 amide bonds. The second-order valence-electron chi connectivity index (χ2n) is 3.68. The largest absolute Gasteiger partial charge is 0.277 e. The van der Waals surface area contributed by atoms with Crippen LogP contribution in [0.15, 0.2) is 51.8 Å². The molecule has 1 N–H and O–H groups in total. The van der Waals surface area contributed by atoms with Crippen LogP contribution in [-0.2, 0) is 10.0 Å². The Bertz CT molecular complexity index is 704. The lowest BCUT2D eigenvalue weighted by Gasteiger charge is -2.09. The summed E-state index contributed by atoms with van der Waals surface area (Å²) in [6.07, 6.45) is 0. The van der Waals surface area contributed by atoms with Crippen molar-refractivity contribution in [2.45, 2.75) is 4.90 Å². The molecule has 0 aliphatic carbocycles. The fraction of sp³-hybridized carbons (Fsp3) is 0. The second kappa shape index (κ2) is 5.48. The van der Waals surface area contributed by atoms with Crippen LogP contribution in [0.25, 0.3) is 0 Å². The smallest absolute Gasteiger partial charge is 0.261 e. The standard InChI is InChI=1S/C12H8BrClFNO2S/c13-8-1-4-10(5-2-8)19(17,18)16-12-7-9(14)3-6-11(12)15/h1-7,16H. The molecule has 0 saturated heterocycles. The van der Waals surface area contributed by atoms with E-state index in [1.165, 1.54) is 24.3 Å². The van der Waals surface area contributed by atoms with E-state index in [-0.39, 0.29) is 15.6 Å². The Balaban J connectivity index is 2.36. The summed E-state index contributed by atoms with van der Waals surface area (Å²) in [4.78, 5) is 0.0371. The molecule has 7 heteroatoms. The van der Waals surface area contributed by atoms with Crippen molar-refractivity contribution in [1.29, 1.82) is 0 Å². The van der Waals surface area contributed by atoms with Gasteiger partial charge in [0, 0.05) is 9.50 Å². The minimum absolute atomic E-state index is 0.0371. The number of sulfonamides is 1. The third kappa shape index (κ3) is 3.46. The maximum Gasteiger partial charge on any atom is 0.261 e. The first-order valence-electron chi connectivity index (χ1n) is 5.12. The predicted molar refractivity (Wildman–Crippen MR) is 76.4 cm³/mol. The molecule has 0 heterocycles. The van der Waals surface area contributed by atoms with Gasteiger partial charge in [0.25, 0.3) is 10.0 Å². The molecular weight excluding hydrogens is 357 g/mol. The van der Waals surface area contributed by atoms with Crippen LogP contribution in [-0.4, -0.2) is 8.42 Å². The zero-order chi connectivity index (χ0) is 14.0. The third-order valence-electron chi connectivity index (χ3n) is 2.30. The number of halogens is 3. The molecule has 0 bridgehead atoms. The summed E-state index contributed by atoms with van der Waals surface area (Å²) in [5, 5.41) is 0.245. The van der Waals surface area contributed by atoms with Gasteiger partial charge in [-0.25, -0.2) is 12.8 Å². The minimum Gasteiger partial charge on any atom is -0.277 e. The molecular formula is C12H8BrClFNO2S. The van der Waals surface area contributed by atoms with E-state index >= 15 is 0 Å². The summed E-state index contributed by atoms with van der Waals surface area (Å²) in [7, 11) is -3.84. The van der Waals surface area contributed by atoms with Crippen LogP contribution in [0.4, 0.5) is 10.1 Å². The lowest BCUT2D eigenvalue weighted by atomic mass is 10.3. The number of nitrogens with one attached hydrogen (secondary N) is 1. The van der Waals surface area contributed by atoms with E-state index in [0.29, 0.717) is 0 Å². The average Bonchev–Trinajstić information content (AvgIpc) is 2.34. The lowest BCUT2D eigenvalue weighted by molar-refractivity contribution is 0.598. The van der Waals surface area contributed by atoms with Gasteiger partial charge in [-0.2, -0.15) is 0 Å². The van der Waals surface area contributed by atoms with E-state index in [1.807, 2.05) is 0 Å².